The molecule has 1 heterocycles. The summed E-state index contributed by atoms with van der Waals surface area (Å²) in [5.41, 5.74) is 0.239. The molecule has 0 saturated carbocycles. The monoisotopic (exact) mass is 418 g/mol. The lowest BCUT2D eigenvalue weighted by atomic mass is 10.2. The van der Waals surface area contributed by atoms with Crippen LogP contribution in [0.15, 0.2) is 23.1 Å². The number of sulfonamides is 1. The van der Waals surface area contributed by atoms with Crippen molar-refractivity contribution in [1.29, 1.82) is 0 Å². The maximum absolute atomic E-state index is 12.7. The van der Waals surface area contributed by atoms with Crippen LogP contribution < -0.4 is 5.32 Å². The summed E-state index contributed by atoms with van der Waals surface area (Å²) in [6.45, 7) is 4.06. The standard InChI is InChI=1S/C17H23ClN2O6S/c1-3-20(4-2)27(23,24)15-10-12(7-8-13(15)18)19-16(21)11-26-17(22)14-6-5-9-25-14/h7-8,10,14H,3-6,9,11H2,1-2H3,(H,19,21)/t14-/m1/s1. The molecule has 1 saturated heterocycles. The first-order valence-electron chi connectivity index (χ1n) is 8.67. The second kappa shape index (κ2) is 9.50. The fourth-order valence-corrected chi connectivity index (χ4v) is 4.63. The molecule has 1 aliphatic rings. The molecule has 1 fully saturated rings. The van der Waals surface area contributed by atoms with Crippen molar-refractivity contribution in [3.63, 3.8) is 0 Å². The Morgan fingerprint density at radius 3 is 2.63 bits per heavy atom. The van der Waals surface area contributed by atoms with Crippen molar-refractivity contribution in [2.24, 2.45) is 0 Å². The number of ether oxygens (including phenoxy) is 2. The smallest absolute Gasteiger partial charge is 0.335 e. The molecule has 1 aromatic carbocycles. The van der Waals surface area contributed by atoms with Crippen molar-refractivity contribution < 1.29 is 27.5 Å². The van der Waals surface area contributed by atoms with Gasteiger partial charge in [-0.1, -0.05) is 25.4 Å². The summed E-state index contributed by atoms with van der Waals surface area (Å²) in [4.78, 5) is 23.7. The molecule has 150 valence electrons. The average Bonchev–Trinajstić information content (AvgIpc) is 3.16. The number of hydrogen-bond donors (Lipinski definition) is 1. The number of benzene rings is 1. The van der Waals surface area contributed by atoms with E-state index in [1.165, 1.54) is 22.5 Å². The molecule has 27 heavy (non-hydrogen) atoms. The Hall–Kier alpha value is -1.68. The minimum atomic E-state index is -3.78. The SMILES string of the molecule is CCN(CC)S(=O)(=O)c1cc(NC(=O)COC(=O)[C@H]2CCCO2)ccc1Cl. The Bertz CT molecular complexity index is 789. The third-order valence-corrected chi connectivity index (χ3v) is 6.61. The minimum absolute atomic E-state index is 0.0599. The lowest BCUT2D eigenvalue weighted by Crippen LogP contribution is -2.31. The first kappa shape index (κ1) is 21.6. The van der Waals surface area contributed by atoms with Gasteiger partial charge in [-0.05, 0) is 31.0 Å². The molecule has 8 nitrogen and oxygen atoms in total. The summed E-state index contributed by atoms with van der Waals surface area (Å²) in [7, 11) is -3.78. The number of rotatable bonds is 8. The van der Waals surface area contributed by atoms with Crippen LogP contribution >= 0.6 is 11.6 Å². The first-order chi connectivity index (χ1) is 12.8. The number of esters is 1. The van der Waals surface area contributed by atoms with Crippen molar-refractivity contribution in [3.05, 3.63) is 23.2 Å². The Labute approximate surface area is 163 Å². The van der Waals surface area contributed by atoms with E-state index in [-0.39, 0.29) is 15.6 Å². The van der Waals surface area contributed by atoms with Crippen molar-refractivity contribution in [2.75, 3.05) is 31.6 Å². The summed E-state index contributed by atoms with van der Waals surface area (Å²) in [6, 6.07) is 4.16. The zero-order chi connectivity index (χ0) is 20.0. The number of carbonyl (C=O) groups is 2. The summed E-state index contributed by atoms with van der Waals surface area (Å²) in [5, 5.41) is 2.56. The maximum Gasteiger partial charge on any atom is 0.335 e. The maximum atomic E-state index is 12.7. The molecule has 2 rings (SSSR count). The van der Waals surface area contributed by atoms with Gasteiger partial charge in [0, 0.05) is 25.4 Å². The van der Waals surface area contributed by atoms with Crippen molar-refractivity contribution in [3.8, 4) is 0 Å². The van der Waals surface area contributed by atoms with Crippen LogP contribution in [-0.4, -0.2) is 57.0 Å². The van der Waals surface area contributed by atoms with Gasteiger partial charge in [-0.25, -0.2) is 13.2 Å². The third-order valence-electron chi connectivity index (χ3n) is 4.08. The van der Waals surface area contributed by atoms with Crippen LogP contribution in [0.2, 0.25) is 5.02 Å². The predicted octanol–water partition coefficient (Wildman–Crippen LogP) is 2.03. The number of carbonyl (C=O) groups excluding carboxylic acids is 2. The van der Waals surface area contributed by atoms with E-state index in [1.807, 2.05) is 0 Å². The van der Waals surface area contributed by atoms with E-state index in [2.05, 4.69) is 5.32 Å². The van der Waals surface area contributed by atoms with Gasteiger partial charge in [0.1, 0.15) is 4.90 Å². The first-order valence-corrected chi connectivity index (χ1v) is 10.5. The highest BCUT2D eigenvalue weighted by Gasteiger charge is 2.26. The summed E-state index contributed by atoms with van der Waals surface area (Å²) in [5.74, 6) is -1.17. The van der Waals surface area contributed by atoms with Crippen LogP contribution in [0.25, 0.3) is 0 Å². The lowest BCUT2D eigenvalue weighted by molar-refractivity contribution is -0.156. The molecule has 0 radical (unpaired) electrons. The summed E-state index contributed by atoms with van der Waals surface area (Å²) < 4.78 is 36.7. The Kier molecular flexibility index (Phi) is 7.60. The molecular formula is C17H23ClN2O6S. The normalized spacial score (nSPS) is 17.1. The largest absolute Gasteiger partial charge is 0.454 e. The number of nitrogens with zero attached hydrogens (tertiary/aromatic N) is 1. The van der Waals surface area contributed by atoms with Crippen molar-refractivity contribution in [1.82, 2.24) is 4.31 Å². The minimum Gasteiger partial charge on any atom is -0.454 e. The van der Waals surface area contributed by atoms with Gasteiger partial charge < -0.3 is 14.8 Å². The molecule has 1 aromatic rings. The lowest BCUT2D eigenvalue weighted by Gasteiger charge is -2.19. The van der Waals surface area contributed by atoms with Gasteiger partial charge >= 0.3 is 5.97 Å². The van der Waals surface area contributed by atoms with Crippen LogP contribution in [0, 0.1) is 0 Å². The molecule has 0 spiro atoms. The number of anilines is 1. The van der Waals surface area contributed by atoms with Crippen molar-refractivity contribution >= 4 is 39.2 Å². The highest BCUT2D eigenvalue weighted by molar-refractivity contribution is 7.89. The Morgan fingerprint density at radius 1 is 1.33 bits per heavy atom. The molecule has 1 aliphatic heterocycles. The fraction of sp³-hybridized carbons (Fsp3) is 0.529. The van der Waals surface area contributed by atoms with E-state index >= 15 is 0 Å². The highest BCUT2D eigenvalue weighted by atomic mass is 35.5. The van der Waals surface area contributed by atoms with Gasteiger partial charge in [0.2, 0.25) is 10.0 Å². The van der Waals surface area contributed by atoms with Crippen LogP contribution in [0.4, 0.5) is 5.69 Å². The molecule has 0 aromatic heterocycles. The van der Waals surface area contributed by atoms with Gasteiger partial charge in [0.25, 0.3) is 5.91 Å². The zero-order valence-corrected chi connectivity index (χ0v) is 16.8. The molecule has 0 bridgehead atoms. The average molecular weight is 419 g/mol. The Balaban J connectivity index is 2.04. The highest BCUT2D eigenvalue weighted by Crippen LogP contribution is 2.27. The van der Waals surface area contributed by atoms with Crippen LogP contribution in [-0.2, 0) is 29.1 Å². The molecule has 10 heteroatoms. The van der Waals surface area contributed by atoms with E-state index in [1.54, 1.807) is 13.8 Å². The van der Waals surface area contributed by atoms with Crippen LogP contribution in [0.3, 0.4) is 0 Å². The van der Waals surface area contributed by atoms with Crippen LogP contribution in [0.5, 0.6) is 0 Å². The topological polar surface area (TPSA) is 102 Å². The molecule has 0 unspecified atom stereocenters. The summed E-state index contributed by atoms with van der Waals surface area (Å²) in [6.07, 6.45) is 0.726. The molecule has 1 atom stereocenters. The second-order valence-electron chi connectivity index (χ2n) is 5.89. The molecule has 0 aliphatic carbocycles. The van der Waals surface area contributed by atoms with E-state index in [0.717, 1.165) is 6.42 Å². The fourth-order valence-electron chi connectivity index (χ4n) is 2.67. The predicted molar refractivity (Wildman–Crippen MR) is 100 cm³/mol. The number of amides is 1. The van der Waals surface area contributed by atoms with E-state index in [9.17, 15) is 18.0 Å². The molecular weight excluding hydrogens is 396 g/mol. The van der Waals surface area contributed by atoms with E-state index in [0.29, 0.717) is 26.1 Å². The number of halogens is 1. The molecule has 1 N–H and O–H groups in total. The number of hydrogen-bond acceptors (Lipinski definition) is 6. The number of nitrogens with one attached hydrogen (secondary N) is 1. The quantitative estimate of drug-likeness (QED) is 0.648. The third kappa shape index (κ3) is 5.41. The molecule has 1 amide bonds. The van der Waals surface area contributed by atoms with Gasteiger partial charge in [0.05, 0.1) is 5.02 Å². The Morgan fingerprint density at radius 2 is 2.04 bits per heavy atom. The van der Waals surface area contributed by atoms with Crippen LogP contribution in [0.1, 0.15) is 26.7 Å². The van der Waals surface area contributed by atoms with Gasteiger partial charge in [-0.2, -0.15) is 4.31 Å². The van der Waals surface area contributed by atoms with Gasteiger partial charge in [0.15, 0.2) is 12.7 Å². The van der Waals surface area contributed by atoms with Crippen molar-refractivity contribution in [2.45, 2.75) is 37.7 Å². The van der Waals surface area contributed by atoms with E-state index in [4.69, 9.17) is 21.1 Å². The second-order valence-corrected chi connectivity index (χ2v) is 8.21. The summed E-state index contributed by atoms with van der Waals surface area (Å²) >= 11 is 6.05. The van der Waals surface area contributed by atoms with E-state index < -0.39 is 34.6 Å². The van der Waals surface area contributed by atoms with Gasteiger partial charge in [-0.15, -0.1) is 0 Å². The van der Waals surface area contributed by atoms with Gasteiger partial charge in [-0.3, -0.25) is 4.79 Å². The zero-order valence-electron chi connectivity index (χ0n) is 15.2.